The number of carbonyl (C=O) groups is 1. The van der Waals surface area contributed by atoms with Crippen LogP contribution in [0.15, 0.2) is 24.3 Å². The minimum atomic E-state index is -0.665. The molecule has 0 bridgehead atoms. The molecular weight excluding hydrogens is 250 g/mol. The summed E-state index contributed by atoms with van der Waals surface area (Å²) < 4.78 is 0. The van der Waals surface area contributed by atoms with Crippen molar-refractivity contribution in [3.05, 3.63) is 35.4 Å². The smallest absolute Gasteiger partial charge is 0.305 e. The number of aliphatic carboxylic acids is 1. The van der Waals surface area contributed by atoms with Crippen LogP contribution in [0.5, 0.6) is 0 Å². The number of nitrogens with zero attached hydrogens (tertiary/aromatic N) is 1. The Hall–Kier alpha value is -1.35. The van der Waals surface area contributed by atoms with Crippen LogP contribution >= 0.6 is 0 Å². The van der Waals surface area contributed by atoms with E-state index in [2.05, 4.69) is 29.2 Å². The first-order valence-corrected chi connectivity index (χ1v) is 7.73. The van der Waals surface area contributed by atoms with Crippen molar-refractivity contribution in [3.63, 3.8) is 0 Å². The summed E-state index contributed by atoms with van der Waals surface area (Å²) in [6, 6.07) is 8.46. The summed E-state index contributed by atoms with van der Waals surface area (Å²) in [5.41, 5.74) is 2.51. The summed E-state index contributed by atoms with van der Waals surface area (Å²) in [4.78, 5) is 13.9. The van der Waals surface area contributed by atoms with E-state index in [1.165, 1.54) is 36.8 Å². The van der Waals surface area contributed by atoms with Gasteiger partial charge in [-0.2, -0.15) is 0 Å². The van der Waals surface area contributed by atoms with E-state index in [-0.39, 0.29) is 12.0 Å². The van der Waals surface area contributed by atoms with E-state index in [0.29, 0.717) is 0 Å². The fraction of sp³-hybridized carbons (Fsp3) is 0.588. The van der Waals surface area contributed by atoms with E-state index < -0.39 is 5.97 Å². The summed E-state index contributed by atoms with van der Waals surface area (Å²) in [7, 11) is 0. The average molecular weight is 273 g/mol. The van der Waals surface area contributed by atoms with Crippen molar-refractivity contribution in [1.82, 2.24) is 4.90 Å². The number of rotatable bonds is 3. The van der Waals surface area contributed by atoms with Gasteiger partial charge in [0.2, 0.25) is 0 Å². The van der Waals surface area contributed by atoms with Crippen LogP contribution in [0.1, 0.15) is 43.2 Å². The molecule has 3 rings (SSSR count). The van der Waals surface area contributed by atoms with Gasteiger partial charge in [0.05, 0.1) is 6.42 Å². The van der Waals surface area contributed by atoms with Gasteiger partial charge in [-0.25, -0.2) is 0 Å². The number of hydrogen-bond acceptors (Lipinski definition) is 2. The van der Waals surface area contributed by atoms with Crippen molar-refractivity contribution in [1.29, 1.82) is 0 Å². The lowest BCUT2D eigenvalue weighted by molar-refractivity contribution is -0.140. The van der Waals surface area contributed by atoms with Crippen molar-refractivity contribution in [2.45, 2.75) is 50.5 Å². The van der Waals surface area contributed by atoms with Crippen LogP contribution in [0.3, 0.4) is 0 Å². The number of fused-ring (bicyclic) bond motifs is 1. The van der Waals surface area contributed by atoms with Crippen LogP contribution < -0.4 is 0 Å². The molecule has 3 heteroatoms. The third kappa shape index (κ3) is 2.59. The Bertz CT molecular complexity index is 465. The second-order valence-electron chi connectivity index (χ2n) is 6.32. The summed E-state index contributed by atoms with van der Waals surface area (Å²) >= 11 is 0. The molecule has 20 heavy (non-hydrogen) atoms. The minimum Gasteiger partial charge on any atom is -0.481 e. The number of hydrogen-bond donors (Lipinski definition) is 1. The van der Waals surface area contributed by atoms with Crippen LogP contribution in [0.4, 0.5) is 0 Å². The highest BCUT2D eigenvalue weighted by Gasteiger charge is 2.43. The van der Waals surface area contributed by atoms with Gasteiger partial charge in [0.15, 0.2) is 0 Å². The molecule has 0 radical (unpaired) electrons. The molecular formula is C17H23NO2. The fourth-order valence-electron chi connectivity index (χ4n) is 3.96. The molecule has 0 unspecified atom stereocenters. The summed E-state index contributed by atoms with van der Waals surface area (Å²) in [5.74, 6) is -0.665. The van der Waals surface area contributed by atoms with Gasteiger partial charge in [-0.3, -0.25) is 9.69 Å². The second kappa shape index (κ2) is 5.57. The molecule has 0 atom stereocenters. The van der Waals surface area contributed by atoms with Gasteiger partial charge in [-0.15, -0.1) is 0 Å². The Kier molecular flexibility index (Phi) is 3.79. The van der Waals surface area contributed by atoms with Crippen molar-refractivity contribution in [2.75, 3.05) is 13.1 Å². The number of carboxylic acids is 1. The maximum Gasteiger partial charge on any atom is 0.305 e. The van der Waals surface area contributed by atoms with Gasteiger partial charge in [-0.05, 0) is 49.9 Å². The van der Waals surface area contributed by atoms with Crippen molar-refractivity contribution >= 4 is 5.97 Å². The maximum absolute atomic E-state index is 11.4. The van der Waals surface area contributed by atoms with Crippen LogP contribution in [0, 0.1) is 0 Å². The van der Waals surface area contributed by atoms with Gasteiger partial charge in [0.1, 0.15) is 0 Å². The van der Waals surface area contributed by atoms with Gasteiger partial charge in [0.25, 0.3) is 0 Å². The zero-order valence-corrected chi connectivity index (χ0v) is 12.0. The lowest BCUT2D eigenvalue weighted by Crippen LogP contribution is -2.51. The lowest BCUT2D eigenvalue weighted by atomic mass is 9.89. The Morgan fingerprint density at radius 1 is 1.05 bits per heavy atom. The van der Waals surface area contributed by atoms with E-state index in [1.54, 1.807) is 0 Å². The molecule has 1 fully saturated rings. The molecule has 1 aromatic carbocycles. The predicted molar refractivity (Wildman–Crippen MR) is 78.9 cm³/mol. The normalized spacial score (nSPS) is 22.2. The summed E-state index contributed by atoms with van der Waals surface area (Å²) in [6.07, 6.45) is 7.04. The Morgan fingerprint density at radius 3 is 2.10 bits per heavy atom. The van der Waals surface area contributed by atoms with Gasteiger partial charge in [-0.1, -0.05) is 37.1 Å². The average Bonchev–Trinajstić information content (AvgIpc) is 2.61. The van der Waals surface area contributed by atoms with Crippen LogP contribution in [-0.2, 0) is 17.6 Å². The summed E-state index contributed by atoms with van der Waals surface area (Å²) in [6.45, 7) is 2.11. The van der Waals surface area contributed by atoms with E-state index >= 15 is 0 Å². The van der Waals surface area contributed by atoms with Crippen molar-refractivity contribution in [2.24, 2.45) is 0 Å². The van der Waals surface area contributed by atoms with Gasteiger partial charge < -0.3 is 5.11 Å². The molecule has 1 N–H and O–H groups in total. The molecule has 0 spiro atoms. The SMILES string of the molecule is O=C(O)CC1(N2CCCCCC2)Cc2ccccc2C1. The number of carboxylic acid groups (broad SMARTS) is 1. The van der Waals surface area contributed by atoms with Crippen molar-refractivity contribution in [3.8, 4) is 0 Å². The maximum atomic E-state index is 11.4. The van der Waals surface area contributed by atoms with E-state index in [0.717, 1.165) is 25.9 Å². The second-order valence-corrected chi connectivity index (χ2v) is 6.32. The Labute approximate surface area is 120 Å². The van der Waals surface area contributed by atoms with E-state index in [9.17, 15) is 9.90 Å². The minimum absolute atomic E-state index is 0.181. The zero-order valence-electron chi connectivity index (χ0n) is 12.0. The lowest BCUT2D eigenvalue weighted by Gasteiger charge is -2.40. The Balaban J connectivity index is 1.88. The molecule has 2 aliphatic rings. The van der Waals surface area contributed by atoms with Gasteiger partial charge in [0, 0.05) is 5.54 Å². The standard InChI is InChI=1S/C17H23NO2/c19-16(20)13-17(18-9-5-1-2-6-10-18)11-14-7-3-4-8-15(14)12-17/h3-4,7-8H,1-2,5-6,9-13H2,(H,19,20). The van der Waals surface area contributed by atoms with E-state index in [1.807, 2.05) is 0 Å². The first-order chi connectivity index (χ1) is 9.70. The fourth-order valence-corrected chi connectivity index (χ4v) is 3.96. The van der Waals surface area contributed by atoms with Crippen LogP contribution in [-0.4, -0.2) is 34.6 Å². The molecule has 108 valence electrons. The Morgan fingerprint density at radius 2 is 1.60 bits per heavy atom. The third-order valence-electron chi connectivity index (χ3n) is 4.91. The third-order valence-corrected chi connectivity index (χ3v) is 4.91. The van der Waals surface area contributed by atoms with E-state index in [4.69, 9.17) is 0 Å². The number of benzene rings is 1. The van der Waals surface area contributed by atoms with Gasteiger partial charge >= 0.3 is 5.97 Å². The van der Waals surface area contributed by atoms with Crippen LogP contribution in [0.2, 0.25) is 0 Å². The molecule has 3 nitrogen and oxygen atoms in total. The monoisotopic (exact) mass is 273 g/mol. The zero-order chi connectivity index (χ0) is 14.0. The largest absolute Gasteiger partial charge is 0.481 e. The first-order valence-electron chi connectivity index (χ1n) is 7.73. The molecule has 0 aromatic heterocycles. The molecule has 1 saturated heterocycles. The molecule has 1 aliphatic carbocycles. The highest BCUT2D eigenvalue weighted by Crippen LogP contribution is 2.38. The molecule has 0 saturated carbocycles. The molecule has 1 heterocycles. The summed E-state index contributed by atoms with van der Waals surface area (Å²) in [5, 5.41) is 9.39. The number of likely N-dealkylation sites (tertiary alicyclic amines) is 1. The highest BCUT2D eigenvalue weighted by atomic mass is 16.4. The van der Waals surface area contributed by atoms with Crippen molar-refractivity contribution < 1.29 is 9.90 Å². The topological polar surface area (TPSA) is 40.5 Å². The molecule has 1 aliphatic heterocycles. The predicted octanol–water partition coefficient (Wildman–Crippen LogP) is 2.87. The highest BCUT2D eigenvalue weighted by molar-refractivity contribution is 5.69. The quantitative estimate of drug-likeness (QED) is 0.920. The molecule has 1 aromatic rings. The van der Waals surface area contributed by atoms with Crippen LogP contribution in [0.25, 0.3) is 0 Å². The molecule has 0 amide bonds. The first kappa shape index (κ1) is 13.6.